The first-order chi connectivity index (χ1) is 3.90. The first kappa shape index (κ1) is 4.35. The highest BCUT2D eigenvalue weighted by atomic mass is 16.8. The molecule has 2 aliphatic heterocycles. The van der Waals surface area contributed by atoms with Crippen molar-refractivity contribution in [2.24, 2.45) is 0 Å². The van der Waals surface area contributed by atoms with E-state index in [-0.39, 0.29) is 19.0 Å². The Bertz CT molecular complexity index is 141. The van der Waals surface area contributed by atoms with Gasteiger partial charge in [0.2, 0.25) is 6.29 Å². The molecule has 2 rings (SSSR count). The van der Waals surface area contributed by atoms with Gasteiger partial charge >= 0.3 is 0 Å². The second-order valence-corrected chi connectivity index (χ2v) is 1.88. The smallest absolute Gasteiger partial charge is 0.230 e. The Hall–Kier alpha value is -0.540. The molecule has 0 amide bonds. The number of aliphatic hydroxyl groups is 1. The van der Waals surface area contributed by atoms with Crippen LogP contribution in [0.25, 0.3) is 0 Å². The molecule has 44 valence electrons. The Morgan fingerprint density at radius 2 is 2.62 bits per heavy atom. The van der Waals surface area contributed by atoms with E-state index in [4.69, 9.17) is 14.6 Å². The molecule has 0 aromatic carbocycles. The number of epoxide rings is 1. The molecule has 2 aliphatic rings. The molecular formula is C5H6O3. The summed E-state index contributed by atoms with van der Waals surface area (Å²) < 4.78 is 9.85. The fourth-order valence-electron chi connectivity index (χ4n) is 0.784. The molecule has 0 bridgehead atoms. The van der Waals surface area contributed by atoms with Crippen LogP contribution in [0.5, 0.6) is 0 Å². The van der Waals surface area contributed by atoms with E-state index in [2.05, 4.69) is 0 Å². The number of hydrogen-bond donors (Lipinski definition) is 1. The van der Waals surface area contributed by atoms with Gasteiger partial charge in [0, 0.05) is 0 Å². The van der Waals surface area contributed by atoms with Crippen LogP contribution in [0.1, 0.15) is 0 Å². The molecule has 3 nitrogen and oxygen atoms in total. The number of ether oxygens (including phenoxy) is 2. The van der Waals surface area contributed by atoms with Crippen LogP contribution in [-0.4, -0.2) is 24.1 Å². The van der Waals surface area contributed by atoms with E-state index < -0.39 is 0 Å². The molecule has 2 unspecified atom stereocenters. The fraction of sp³-hybridized carbons (Fsp3) is 0.600. The lowest BCUT2D eigenvalue weighted by Crippen LogP contribution is -1.94. The van der Waals surface area contributed by atoms with E-state index in [1.807, 2.05) is 0 Å². The maximum Gasteiger partial charge on any atom is 0.230 e. The Kier molecular flexibility index (Phi) is 0.674. The molecule has 0 aliphatic carbocycles. The lowest BCUT2D eigenvalue weighted by atomic mass is 10.4. The fourth-order valence-corrected chi connectivity index (χ4v) is 0.784. The van der Waals surface area contributed by atoms with Crippen LogP contribution in [0.15, 0.2) is 11.8 Å². The van der Waals surface area contributed by atoms with Gasteiger partial charge in [-0.2, -0.15) is 0 Å². The standard InChI is InChI=1S/C5H6O3/c6-2-3-1-4-5(7-3)8-4/h1,4-6H,2H2. The van der Waals surface area contributed by atoms with E-state index in [0.717, 1.165) is 0 Å². The van der Waals surface area contributed by atoms with Gasteiger partial charge in [-0.1, -0.05) is 0 Å². The van der Waals surface area contributed by atoms with Crippen molar-refractivity contribution < 1.29 is 14.6 Å². The average molecular weight is 114 g/mol. The van der Waals surface area contributed by atoms with E-state index in [1.165, 1.54) is 0 Å². The van der Waals surface area contributed by atoms with Gasteiger partial charge in [0.25, 0.3) is 0 Å². The third-order valence-corrected chi connectivity index (χ3v) is 1.26. The van der Waals surface area contributed by atoms with Gasteiger partial charge in [0.1, 0.15) is 18.5 Å². The van der Waals surface area contributed by atoms with Crippen LogP contribution in [0.3, 0.4) is 0 Å². The molecule has 2 atom stereocenters. The zero-order valence-corrected chi connectivity index (χ0v) is 4.20. The van der Waals surface area contributed by atoms with Crippen LogP contribution in [-0.2, 0) is 9.47 Å². The van der Waals surface area contributed by atoms with E-state index in [9.17, 15) is 0 Å². The van der Waals surface area contributed by atoms with Crippen molar-refractivity contribution in [1.29, 1.82) is 0 Å². The van der Waals surface area contributed by atoms with Crippen LogP contribution in [0.2, 0.25) is 0 Å². The summed E-state index contributed by atoms with van der Waals surface area (Å²) in [7, 11) is 0. The number of fused-ring (bicyclic) bond motifs is 1. The van der Waals surface area contributed by atoms with Gasteiger partial charge < -0.3 is 14.6 Å². The van der Waals surface area contributed by atoms with Gasteiger partial charge in [-0.25, -0.2) is 0 Å². The second kappa shape index (κ2) is 1.24. The highest BCUT2D eigenvalue weighted by Crippen LogP contribution is 2.33. The zero-order chi connectivity index (χ0) is 5.56. The predicted molar refractivity (Wildman–Crippen MR) is 24.9 cm³/mol. The average Bonchev–Trinajstić information content (AvgIpc) is 2.40. The van der Waals surface area contributed by atoms with Crippen molar-refractivity contribution in [3.63, 3.8) is 0 Å². The summed E-state index contributed by atoms with van der Waals surface area (Å²) in [6.07, 6.45) is 1.89. The minimum absolute atomic E-state index is 0.00361. The summed E-state index contributed by atoms with van der Waals surface area (Å²) in [5.74, 6) is 0.645. The lowest BCUT2D eigenvalue weighted by Gasteiger charge is -1.97. The molecule has 0 aromatic heterocycles. The second-order valence-electron chi connectivity index (χ2n) is 1.88. The van der Waals surface area contributed by atoms with Crippen LogP contribution >= 0.6 is 0 Å². The minimum atomic E-state index is -0.0582. The SMILES string of the molecule is OCC1=CC2OC2O1. The monoisotopic (exact) mass is 114 g/mol. The van der Waals surface area contributed by atoms with Crippen molar-refractivity contribution in [2.45, 2.75) is 12.4 Å². The summed E-state index contributed by atoms with van der Waals surface area (Å²) in [6, 6.07) is 0. The largest absolute Gasteiger partial charge is 0.464 e. The lowest BCUT2D eigenvalue weighted by molar-refractivity contribution is 0.0816. The summed E-state index contributed by atoms with van der Waals surface area (Å²) >= 11 is 0. The molecule has 8 heavy (non-hydrogen) atoms. The number of aliphatic hydroxyl groups excluding tert-OH is 1. The van der Waals surface area contributed by atoms with Gasteiger partial charge in [-0.3, -0.25) is 0 Å². The van der Waals surface area contributed by atoms with E-state index in [0.29, 0.717) is 5.76 Å². The Labute approximate surface area is 46.5 Å². The molecule has 3 heteroatoms. The van der Waals surface area contributed by atoms with Gasteiger partial charge in [-0.05, 0) is 6.08 Å². The maximum atomic E-state index is 8.46. The van der Waals surface area contributed by atoms with Gasteiger partial charge in [0.05, 0.1) is 0 Å². The molecule has 1 N–H and O–H groups in total. The normalized spacial score (nSPS) is 40.4. The predicted octanol–water partition coefficient (Wildman–Crippen LogP) is -0.382. The molecule has 0 aromatic rings. The van der Waals surface area contributed by atoms with Gasteiger partial charge in [0.15, 0.2) is 0 Å². The van der Waals surface area contributed by atoms with Crippen molar-refractivity contribution in [3.05, 3.63) is 11.8 Å². The van der Waals surface area contributed by atoms with Crippen LogP contribution in [0.4, 0.5) is 0 Å². The zero-order valence-electron chi connectivity index (χ0n) is 4.20. The Morgan fingerprint density at radius 1 is 1.75 bits per heavy atom. The molecule has 1 saturated heterocycles. The topological polar surface area (TPSA) is 42.0 Å². The highest BCUT2D eigenvalue weighted by Gasteiger charge is 2.45. The van der Waals surface area contributed by atoms with E-state index >= 15 is 0 Å². The highest BCUT2D eigenvalue weighted by molar-refractivity contribution is 5.12. The molecule has 0 saturated carbocycles. The summed E-state index contributed by atoms with van der Waals surface area (Å²) in [5.41, 5.74) is 0. The third-order valence-electron chi connectivity index (χ3n) is 1.26. The third kappa shape index (κ3) is 0.454. The first-order valence-corrected chi connectivity index (χ1v) is 2.54. The van der Waals surface area contributed by atoms with Gasteiger partial charge in [-0.15, -0.1) is 0 Å². The summed E-state index contributed by atoms with van der Waals surface area (Å²) in [4.78, 5) is 0. The van der Waals surface area contributed by atoms with Crippen LogP contribution < -0.4 is 0 Å². The van der Waals surface area contributed by atoms with Crippen molar-refractivity contribution in [3.8, 4) is 0 Å². The molecule has 1 fully saturated rings. The minimum Gasteiger partial charge on any atom is -0.464 e. The molecule has 0 spiro atoms. The number of hydrogen-bond acceptors (Lipinski definition) is 3. The number of rotatable bonds is 1. The van der Waals surface area contributed by atoms with E-state index in [1.54, 1.807) is 6.08 Å². The summed E-state index contributed by atoms with van der Waals surface area (Å²) in [6.45, 7) is -0.00361. The van der Waals surface area contributed by atoms with Crippen molar-refractivity contribution in [1.82, 2.24) is 0 Å². The maximum absolute atomic E-state index is 8.46. The Morgan fingerprint density at radius 3 is 3.00 bits per heavy atom. The Balaban J connectivity index is 2.07. The van der Waals surface area contributed by atoms with Crippen molar-refractivity contribution >= 4 is 0 Å². The van der Waals surface area contributed by atoms with Crippen molar-refractivity contribution in [2.75, 3.05) is 6.61 Å². The molecular weight excluding hydrogens is 108 g/mol. The molecule has 0 radical (unpaired) electrons. The first-order valence-electron chi connectivity index (χ1n) is 2.54. The summed E-state index contributed by atoms with van der Waals surface area (Å²) in [5, 5.41) is 8.46. The molecule has 2 heterocycles. The van der Waals surface area contributed by atoms with Crippen LogP contribution in [0, 0.1) is 0 Å². The quantitative estimate of drug-likeness (QED) is 0.472.